The first-order valence-corrected chi connectivity index (χ1v) is 8.41. The quantitative estimate of drug-likeness (QED) is 0.789. The van der Waals surface area contributed by atoms with Gasteiger partial charge < -0.3 is 14.6 Å². The fourth-order valence-electron chi connectivity index (χ4n) is 3.51. The summed E-state index contributed by atoms with van der Waals surface area (Å²) in [6.07, 6.45) is 3.17. The second kappa shape index (κ2) is 4.98. The zero-order valence-corrected chi connectivity index (χ0v) is 12.7. The summed E-state index contributed by atoms with van der Waals surface area (Å²) in [5, 5.41) is 9.98. The van der Waals surface area contributed by atoms with E-state index in [1.54, 1.807) is 6.92 Å². The van der Waals surface area contributed by atoms with Crippen LogP contribution in [0.1, 0.15) is 45.4 Å². The standard InChI is InChI=1S/C13H24O5S/c1-12(17-2,18-3)9-13(14)7-10-5-4-6-11(8-13)19(10,15)16/h10-11,14H,4-9H2,1-3H3. The summed E-state index contributed by atoms with van der Waals surface area (Å²) < 4.78 is 35.0. The predicted molar refractivity (Wildman–Crippen MR) is 71.6 cm³/mol. The number of hydrogen-bond acceptors (Lipinski definition) is 5. The van der Waals surface area contributed by atoms with Crippen LogP contribution in [-0.4, -0.2) is 49.6 Å². The Labute approximate surface area is 115 Å². The van der Waals surface area contributed by atoms with Gasteiger partial charge in [0.2, 0.25) is 0 Å². The maximum atomic E-state index is 12.2. The van der Waals surface area contributed by atoms with E-state index in [1.165, 1.54) is 14.2 Å². The molecule has 19 heavy (non-hydrogen) atoms. The Morgan fingerprint density at radius 3 is 2.11 bits per heavy atom. The fraction of sp³-hybridized carbons (Fsp3) is 1.00. The normalized spacial score (nSPS) is 38.1. The average molecular weight is 292 g/mol. The minimum Gasteiger partial charge on any atom is -0.390 e. The van der Waals surface area contributed by atoms with Crippen LogP contribution in [0, 0.1) is 0 Å². The molecule has 112 valence electrons. The van der Waals surface area contributed by atoms with E-state index in [9.17, 15) is 13.5 Å². The molecule has 2 aliphatic heterocycles. The predicted octanol–water partition coefficient (Wildman–Crippen LogP) is 1.25. The van der Waals surface area contributed by atoms with E-state index in [1.807, 2.05) is 0 Å². The van der Waals surface area contributed by atoms with Crippen molar-refractivity contribution in [1.29, 1.82) is 0 Å². The van der Waals surface area contributed by atoms with Gasteiger partial charge in [0, 0.05) is 20.6 Å². The first-order chi connectivity index (χ1) is 8.75. The van der Waals surface area contributed by atoms with Crippen molar-refractivity contribution in [2.75, 3.05) is 14.2 Å². The molecule has 2 unspecified atom stereocenters. The Morgan fingerprint density at radius 1 is 1.21 bits per heavy atom. The second-order valence-corrected chi connectivity index (χ2v) is 8.63. The van der Waals surface area contributed by atoms with E-state index in [4.69, 9.17) is 9.47 Å². The van der Waals surface area contributed by atoms with Gasteiger partial charge in [0.15, 0.2) is 15.6 Å². The maximum absolute atomic E-state index is 12.2. The molecule has 2 heterocycles. The van der Waals surface area contributed by atoms with Crippen molar-refractivity contribution in [3.05, 3.63) is 0 Å². The van der Waals surface area contributed by atoms with E-state index in [-0.39, 0.29) is 0 Å². The number of fused-ring (bicyclic) bond motifs is 2. The van der Waals surface area contributed by atoms with Gasteiger partial charge in [-0.25, -0.2) is 8.42 Å². The molecular weight excluding hydrogens is 268 g/mol. The highest BCUT2D eigenvalue weighted by Gasteiger charge is 2.52. The highest BCUT2D eigenvalue weighted by atomic mass is 32.2. The van der Waals surface area contributed by atoms with Crippen LogP contribution in [0.2, 0.25) is 0 Å². The van der Waals surface area contributed by atoms with E-state index < -0.39 is 31.7 Å². The largest absolute Gasteiger partial charge is 0.390 e. The van der Waals surface area contributed by atoms with E-state index in [2.05, 4.69) is 0 Å². The molecule has 1 N–H and O–H groups in total. The Morgan fingerprint density at radius 2 is 1.68 bits per heavy atom. The Balaban J connectivity index is 2.19. The number of hydrogen-bond donors (Lipinski definition) is 1. The van der Waals surface area contributed by atoms with Gasteiger partial charge in [-0.05, 0) is 32.6 Å². The third-order valence-electron chi connectivity index (χ3n) is 4.71. The minimum absolute atomic E-state index is 0.300. The fourth-order valence-corrected chi connectivity index (χ4v) is 6.13. The highest BCUT2D eigenvalue weighted by molar-refractivity contribution is 7.92. The van der Waals surface area contributed by atoms with Crippen LogP contribution in [0.4, 0.5) is 0 Å². The van der Waals surface area contributed by atoms with Gasteiger partial charge in [-0.2, -0.15) is 0 Å². The summed E-state index contributed by atoms with van der Waals surface area (Å²) in [5.41, 5.74) is -1.01. The molecule has 0 saturated carbocycles. The number of ether oxygens (including phenoxy) is 2. The first-order valence-electron chi connectivity index (χ1n) is 6.80. The minimum atomic E-state index is -3.05. The van der Waals surface area contributed by atoms with E-state index >= 15 is 0 Å². The maximum Gasteiger partial charge on any atom is 0.167 e. The lowest BCUT2D eigenvalue weighted by Crippen LogP contribution is -2.54. The van der Waals surface area contributed by atoms with Gasteiger partial charge in [-0.1, -0.05) is 6.42 Å². The van der Waals surface area contributed by atoms with Crippen LogP contribution in [0.25, 0.3) is 0 Å². The summed E-state index contributed by atoms with van der Waals surface area (Å²) in [4.78, 5) is 0. The summed E-state index contributed by atoms with van der Waals surface area (Å²) in [6, 6.07) is 0. The molecule has 2 saturated heterocycles. The lowest BCUT2D eigenvalue weighted by molar-refractivity contribution is -0.225. The summed E-state index contributed by atoms with van der Waals surface area (Å²) in [7, 11) is 0.0227. The van der Waals surface area contributed by atoms with Crippen LogP contribution < -0.4 is 0 Å². The molecule has 6 heteroatoms. The summed E-state index contributed by atoms with van der Waals surface area (Å²) >= 11 is 0. The van der Waals surface area contributed by atoms with Crippen molar-refractivity contribution in [2.24, 2.45) is 0 Å². The third kappa shape index (κ3) is 2.82. The molecule has 2 rings (SSSR count). The van der Waals surface area contributed by atoms with Crippen LogP contribution in [0.5, 0.6) is 0 Å². The molecular formula is C13H24O5S. The molecule has 0 amide bonds. The Kier molecular flexibility index (Phi) is 3.99. The highest BCUT2D eigenvalue weighted by Crippen LogP contribution is 2.44. The summed E-state index contributed by atoms with van der Waals surface area (Å²) in [5.74, 6) is -0.871. The van der Waals surface area contributed by atoms with E-state index in [0.29, 0.717) is 32.1 Å². The van der Waals surface area contributed by atoms with Crippen LogP contribution in [-0.2, 0) is 19.3 Å². The third-order valence-corrected chi connectivity index (χ3v) is 7.37. The van der Waals surface area contributed by atoms with Crippen molar-refractivity contribution >= 4 is 9.84 Å². The zero-order valence-electron chi connectivity index (χ0n) is 11.9. The molecule has 2 aliphatic rings. The summed E-state index contributed by atoms with van der Waals surface area (Å²) in [6.45, 7) is 1.77. The Bertz CT molecular complexity index is 406. The van der Waals surface area contributed by atoms with Gasteiger partial charge in [0.05, 0.1) is 16.1 Å². The van der Waals surface area contributed by atoms with E-state index in [0.717, 1.165) is 6.42 Å². The lowest BCUT2D eigenvalue weighted by Gasteiger charge is -2.46. The average Bonchev–Trinajstić information content (AvgIpc) is 2.31. The number of aliphatic hydroxyl groups is 1. The second-order valence-electron chi connectivity index (χ2n) is 6.12. The number of rotatable bonds is 4. The SMILES string of the molecule is COC(C)(CC1(O)CC2CCCC(C1)S2(=O)=O)OC. The van der Waals surface area contributed by atoms with Crippen LogP contribution >= 0.6 is 0 Å². The van der Waals surface area contributed by atoms with Crippen molar-refractivity contribution in [1.82, 2.24) is 0 Å². The van der Waals surface area contributed by atoms with Gasteiger partial charge in [0.1, 0.15) is 0 Å². The zero-order chi connectivity index (χ0) is 14.3. The van der Waals surface area contributed by atoms with Gasteiger partial charge in [0.25, 0.3) is 0 Å². The smallest absolute Gasteiger partial charge is 0.167 e. The van der Waals surface area contributed by atoms with Gasteiger partial charge in [-0.3, -0.25) is 0 Å². The van der Waals surface area contributed by atoms with Crippen molar-refractivity contribution < 1.29 is 23.0 Å². The molecule has 5 nitrogen and oxygen atoms in total. The molecule has 2 bridgehead atoms. The monoisotopic (exact) mass is 292 g/mol. The van der Waals surface area contributed by atoms with Gasteiger partial charge in [-0.15, -0.1) is 0 Å². The number of sulfone groups is 1. The van der Waals surface area contributed by atoms with Crippen molar-refractivity contribution in [3.63, 3.8) is 0 Å². The Hall–Kier alpha value is -0.170. The molecule has 0 radical (unpaired) electrons. The van der Waals surface area contributed by atoms with Crippen LogP contribution in [0.3, 0.4) is 0 Å². The molecule has 0 aromatic carbocycles. The molecule has 2 atom stereocenters. The van der Waals surface area contributed by atoms with Crippen LogP contribution in [0.15, 0.2) is 0 Å². The molecule has 0 aliphatic carbocycles. The first kappa shape index (κ1) is 15.2. The van der Waals surface area contributed by atoms with Crippen molar-refractivity contribution in [2.45, 2.75) is 67.3 Å². The number of methoxy groups -OCH3 is 2. The topological polar surface area (TPSA) is 72.8 Å². The van der Waals surface area contributed by atoms with Crippen molar-refractivity contribution in [3.8, 4) is 0 Å². The molecule has 0 aromatic heterocycles. The van der Waals surface area contributed by atoms with Gasteiger partial charge >= 0.3 is 0 Å². The molecule has 2 fully saturated rings. The molecule has 0 aromatic rings. The lowest BCUT2D eigenvalue weighted by atomic mass is 9.81. The molecule has 0 spiro atoms.